The monoisotopic (exact) mass is 592 g/mol. The van der Waals surface area contributed by atoms with E-state index in [0.717, 1.165) is 66.3 Å². The van der Waals surface area contributed by atoms with Crippen molar-refractivity contribution in [1.82, 2.24) is 24.8 Å². The maximum atomic E-state index is 13.5. The smallest absolute Gasteiger partial charge is 0.253 e. The van der Waals surface area contributed by atoms with Gasteiger partial charge in [0.15, 0.2) is 0 Å². The fraction of sp³-hybridized carbons (Fsp3) is 0.484. The zero-order chi connectivity index (χ0) is 29.6. The molecule has 0 spiro atoms. The number of aryl methyl sites for hydroxylation is 1. The lowest BCUT2D eigenvalue weighted by Gasteiger charge is -2.34. The summed E-state index contributed by atoms with van der Waals surface area (Å²) in [4.78, 5) is 34.6. The van der Waals surface area contributed by atoms with E-state index < -0.39 is 6.17 Å². The van der Waals surface area contributed by atoms with Gasteiger partial charge in [0.2, 0.25) is 5.95 Å². The van der Waals surface area contributed by atoms with Crippen LogP contribution < -0.4 is 15.5 Å². The minimum atomic E-state index is -0.803. The van der Waals surface area contributed by atoms with Gasteiger partial charge in [0.05, 0.1) is 10.6 Å². The van der Waals surface area contributed by atoms with Gasteiger partial charge in [-0.15, -0.1) is 0 Å². The van der Waals surface area contributed by atoms with Crippen LogP contribution in [-0.4, -0.2) is 82.6 Å². The number of carbonyl (C=O) groups is 1. The van der Waals surface area contributed by atoms with Crippen molar-refractivity contribution in [2.75, 3.05) is 61.3 Å². The first-order valence-corrected chi connectivity index (χ1v) is 15.9. The summed E-state index contributed by atoms with van der Waals surface area (Å²) in [6.07, 6.45) is 1.89. The number of nitrogens with zero attached hydrogens (tertiary/aromatic N) is 6. The molecule has 0 radical (unpaired) electrons. The van der Waals surface area contributed by atoms with Gasteiger partial charge in [-0.3, -0.25) is 4.79 Å². The molecule has 2 saturated heterocycles. The number of alkyl halides is 1. The number of anilines is 4. The van der Waals surface area contributed by atoms with Crippen molar-refractivity contribution >= 4 is 40.9 Å². The molecule has 5 heterocycles. The predicted octanol–water partition coefficient (Wildman–Crippen LogP) is 5.88. The maximum absolute atomic E-state index is 13.5. The molecule has 2 fully saturated rings. The number of carbonyl (C=O) groups excluding carboxylic acids is 1. The lowest BCUT2D eigenvalue weighted by Crippen LogP contribution is -2.46. The first-order valence-electron chi connectivity index (χ1n) is 15.0. The SMILES string of the molecule is CC.CCN1CCN(c2nc(C)cc(Nc3cc4c(cn3)SC(c3cccc(C(=O)N5CCC(F)CC5)c3)N4)n2)CC1. The molecule has 42 heavy (non-hydrogen) atoms. The summed E-state index contributed by atoms with van der Waals surface area (Å²) in [6, 6.07) is 11.7. The Hall–Kier alpha value is -3.44. The van der Waals surface area contributed by atoms with Gasteiger partial charge in [-0.1, -0.05) is 44.7 Å². The summed E-state index contributed by atoms with van der Waals surface area (Å²) < 4.78 is 13.5. The molecule has 0 bridgehead atoms. The Balaban J connectivity index is 0.00000173. The second-order valence-electron chi connectivity index (χ2n) is 10.5. The number of amides is 1. The quantitative estimate of drug-likeness (QED) is 0.364. The van der Waals surface area contributed by atoms with E-state index >= 15 is 0 Å². The van der Waals surface area contributed by atoms with E-state index in [9.17, 15) is 9.18 Å². The Kier molecular flexibility index (Phi) is 9.79. The molecule has 3 aromatic rings. The number of pyridine rings is 1. The summed E-state index contributed by atoms with van der Waals surface area (Å²) in [5.74, 6) is 2.14. The summed E-state index contributed by atoms with van der Waals surface area (Å²) >= 11 is 1.67. The van der Waals surface area contributed by atoms with Gasteiger partial charge in [-0.05, 0) is 44.0 Å². The van der Waals surface area contributed by atoms with Crippen LogP contribution in [-0.2, 0) is 0 Å². The highest BCUT2D eigenvalue weighted by Crippen LogP contribution is 2.47. The second kappa shape index (κ2) is 13.7. The van der Waals surface area contributed by atoms with Crippen molar-refractivity contribution < 1.29 is 9.18 Å². The van der Waals surface area contributed by atoms with Crippen molar-refractivity contribution in [3.8, 4) is 0 Å². The molecule has 1 unspecified atom stereocenters. The number of thioether (sulfide) groups is 1. The third kappa shape index (κ3) is 6.95. The maximum Gasteiger partial charge on any atom is 0.253 e. The largest absolute Gasteiger partial charge is 0.368 e. The average molecular weight is 593 g/mol. The first kappa shape index (κ1) is 30.0. The number of hydrogen-bond donors (Lipinski definition) is 2. The van der Waals surface area contributed by atoms with E-state index in [0.29, 0.717) is 37.3 Å². The molecule has 2 aromatic heterocycles. The van der Waals surface area contributed by atoms with E-state index in [1.165, 1.54) is 0 Å². The van der Waals surface area contributed by atoms with Crippen LogP contribution >= 0.6 is 11.8 Å². The molecule has 1 aromatic carbocycles. The number of benzene rings is 1. The van der Waals surface area contributed by atoms with E-state index in [-0.39, 0.29) is 11.3 Å². The highest BCUT2D eigenvalue weighted by molar-refractivity contribution is 8.00. The number of halogens is 1. The Morgan fingerprint density at radius 2 is 1.81 bits per heavy atom. The Morgan fingerprint density at radius 3 is 2.55 bits per heavy atom. The standard InChI is InChI=1S/C29H35FN8OS.C2H6/c1-3-36-11-13-38(14-12-36)29-32-19(2)15-26(35-29)34-25-17-23-24(18-31-25)40-27(33-23)20-5-4-6-21(16-20)28(39)37-9-7-22(30)8-10-37;1-2/h4-6,15-18,22,27,33H,3,7-14H2,1-2H3,(H,31,32,34,35);1-2H3. The second-order valence-corrected chi connectivity index (χ2v) is 11.7. The number of fused-ring (bicyclic) bond motifs is 1. The zero-order valence-corrected chi connectivity index (χ0v) is 25.8. The highest BCUT2D eigenvalue weighted by atomic mass is 32.2. The van der Waals surface area contributed by atoms with Gasteiger partial charge in [-0.25, -0.2) is 14.4 Å². The first-order chi connectivity index (χ1) is 20.4. The number of hydrogen-bond acceptors (Lipinski definition) is 9. The summed E-state index contributed by atoms with van der Waals surface area (Å²) in [5, 5.41) is 6.91. The van der Waals surface area contributed by atoms with E-state index in [2.05, 4.69) is 37.3 Å². The molecule has 2 N–H and O–H groups in total. The van der Waals surface area contributed by atoms with Crippen LogP contribution in [0, 0.1) is 6.92 Å². The molecule has 0 aliphatic carbocycles. The fourth-order valence-electron chi connectivity index (χ4n) is 5.39. The molecular weight excluding hydrogens is 551 g/mol. The topological polar surface area (TPSA) is 89.5 Å². The van der Waals surface area contributed by atoms with Crippen molar-refractivity contribution in [2.24, 2.45) is 0 Å². The number of rotatable bonds is 6. The van der Waals surface area contributed by atoms with Crippen LogP contribution in [0.25, 0.3) is 0 Å². The molecule has 224 valence electrons. The Bertz CT molecular complexity index is 1370. The van der Waals surface area contributed by atoms with E-state index in [1.807, 2.05) is 63.4 Å². The molecule has 9 nitrogen and oxygen atoms in total. The van der Waals surface area contributed by atoms with Gasteiger partial charge < -0.3 is 25.3 Å². The van der Waals surface area contributed by atoms with Crippen LogP contribution in [0.3, 0.4) is 0 Å². The molecule has 0 saturated carbocycles. The Labute approximate surface area is 252 Å². The zero-order valence-electron chi connectivity index (χ0n) is 24.9. The van der Waals surface area contributed by atoms with Gasteiger partial charge in [0, 0.05) is 68.9 Å². The summed E-state index contributed by atoms with van der Waals surface area (Å²) in [5.41, 5.74) is 3.54. The van der Waals surface area contributed by atoms with Crippen molar-refractivity contribution in [1.29, 1.82) is 0 Å². The average Bonchev–Trinajstić information content (AvgIpc) is 3.46. The van der Waals surface area contributed by atoms with Gasteiger partial charge in [0.25, 0.3) is 5.91 Å². The minimum Gasteiger partial charge on any atom is -0.368 e. The Morgan fingerprint density at radius 1 is 1.05 bits per heavy atom. The summed E-state index contributed by atoms with van der Waals surface area (Å²) in [7, 11) is 0. The van der Waals surface area contributed by atoms with Crippen LogP contribution in [0.5, 0.6) is 0 Å². The number of nitrogens with one attached hydrogen (secondary N) is 2. The lowest BCUT2D eigenvalue weighted by molar-refractivity contribution is 0.0667. The number of likely N-dealkylation sites (N-methyl/N-ethyl adjacent to an activating group) is 1. The number of piperidine rings is 1. The lowest BCUT2D eigenvalue weighted by atomic mass is 10.1. The molecule has 3 aliphatic rings. The van der Waals surface area contributed by atoms with Gasteiger partial charge in [0.1, 0.15) is 23.2 Å². The number of likely N-dealkylation sites (tertiary alicyclic amines) is 1. The molecule has 1 atom stereocenters. The fourth-order valence-corrected chi connectivity index (χ4v) is 6.47. The van der Waals surface area contributed by atoms with Crippen LogP contribution in [0.2, 0.25) is 0 Å². The van der Waals surface area contributed by atoms with E-state index in [1.54, 1.807) is 16.7 Å². The predicted molar refractivity (Wildman–Crippen MR) is 169 cm³/mol. The summed E-state index contributed by atoms with van der Waals surface area (Å²) in [6.45, 7) is 14.0. The van der Waals surface area contributed by atoms with Gasteiger partial charge in [-0.2, -0.15) is 4.98 Å². The van der Waals surface area contributed by atoms with Crippen LogP contribution in [0.15, 0.2) is 47.5 Å². The van der Waals surface area contributed by atoms with Crippen molar-refractivity contribution in [3.05, 3.63) is 59.4 Å². The van der Waals surface area contributed by atoms with Crippen LogP contribution in [0.4, 0.5) is 27.7 Å². The van der Waals surface area contributed by atoms with Gasteiger partial charge >= 0.3 is 0 Å². The van der Waals surface area contributed by atoms with Crippen molar-refractivity contribution in [3.63, 3.8) is 0 Å². The molecule has 1 amide bonds. The number of piperazine rings is 1. The molecule has 3 aliphatic heterocycles. The minimum absolute atomic E-state index is 0.0332. The highest BCUT2D eigenvalue weighted by Gasteiger charge is 2.27. The third-order valence-electron chi connectivity index (χ3n) is 7.75. The van der Waals surface area contributed by atoms with Crippen molar-refractivity contribution in [2.45, 2.75) is 57.0 Å². The normalized spacial score (nSPS) is 19.0. The molecule has 6 rings (SSSR count). The van der Waals surface area contributed by atoms with Crippen LogP contribution in [0.1, 0.15) is 60.6 Å². The third-order valence-corrected chi connectivity index (χ3v) is 8.95. The van der Waals surface area contributed by atoms with E-state index in [4.69, 9.17) is 4.98 Å². The number of aromatic nitrogens is 3. The molecule has 11 heteroatoms. The molecular formula is C31H41FN8OS.